The predicted octanol–water partition coefficient (Wildman–Crippen LogP) is 0.750. The van der Waals surface area contributed by atoms with Crippen LogP contribution in [-0.4, -0.2) is 28.1 Å². The van der Waals surface area contributed by atoms with Gasteiger partial charge in [0.15, 0.2) is 5.76 Å². The highest BCUT2D eigenvalue weighted by Gasteiger charge is 2.25. The molecule has 0 spiro atoms. The average Bonchev–Trinajstić information content (AvgIpc) is 2.92. The molecule has 0 fully saturated rings. The average molecular weight is 315 g/mol. The van der Waals surface area contributed by atoms with Gasteiger partial charge in [-0.1, -0.05) is 13.8 Å². The maximum Gasteiger partial charge on any atom is 0.433 e. The van der Waals surface area contributed by atoms with E-state index in [2.05, 4.69) is 10.2 Å². The van der Waals surface area contributed by atoms with Gasteiger partial charge in [-0.2, -0.15) is 0 Å². The smallest absolute Gasteiger partial charge is 0.397 e. The Hall–Kier alpha value is -2.27. The molecule has 0 amide bonds. The van der Waals surface area contributed by atoms with Crippen LogP contribution in [0.1, 0.15) is 13.8 Å². The third-order valence-electron chi connectivity index (χ3n) is 2.51. The second-order valence-corrected chi connectivity index (χ2v) is 6.21. The normalized spacial score (nSPS) is 12.0. The van der Waals surface area contributed by atoms with Gasteiger partial charge in [0.2, 0.25) is 5.82 Å². The summed E-state index contributed by atoms with van der Waals surface area (Å²) in [7, 11) is -4.06. The first kappa shape index (κ1) is 15.1. The minimum absolute atomic E-state index is 0.0461. The van der Waals surface area contributed by atoms with Crippen molar-refractivity contribution in [3.63, 3.8) is 0 Å². The molecule has 0 atom stereocenters. The van der Waals surface area contributed by atoms with Crippen molar-refractivity contribution in [3.05, 3.63) is 22.2 Å². The van der Waals surface area contributed by atoms with Gasteiger partial charge in [-0.3, -0.25) is 14.7 Å². The number of primary sulfonamides is 1. The van der Waals surface area contributed by atoms with Crippen molar-refractivity contribution in [2.75, 3.05) is 0 Å². The van der Waals surface area contributed by atoms with Crippen molar-refractivity contribution < 1.29 is 17.8 Å². The summed E-state index contributed by atoms with van der Waals surface area (Å²) in [5.41, 5.74) is 0. The number of rotatable bonds is 5. The largest absolute Gasteiger partial charge is 0.433 e. The highest BCUT2D eigenvalue weighted by molar-refractivity contribution is 7.89. The Bertz CT molecular complexity index is 776. The molecular formula is C10H13N5O5S. The van der Waals surface area contributed by atoms with Crippen LogP contribution in [0.3, 0.4) is 0 Å². The number of furan rings is 1. The van der Waals surface area contributed by atoms with Gasteiger partial charge < -0.3 is 4.42 Å². The van der Waals surface area contributed by atoms with E-state index < -0.39 is 26.0 Å². The lowest BCUT2D eigenvalue weighted by atomic mass is 10.2. The Morgan fingerprint density at radius 1 is 1.43 bits per heavy atom. The quantitative estimate of drug-likeness (QED) is 0.632. The first-order chi connectivity index (χ1) is 9.70. The van der Waals surface area contributed by atoms with Gasteiger partial charge in [0.05, 0.1) is 6.07 Å². The SMILES string of the molecule is CC(C)Cn1c(-c2ccc([N+](=O)[O-])o2)nnc1S(N)(=O)=O. The lowest BCUT2D eigenvalue weighted by Crippen LogP contribution is -2.20. The Labute approximate surface area is 119 Å². The van der Waals surface area contributed by atoms with E-state index in [0.29, 0.717) is 0 Å². The van der Waals surface area contributed by atoms with E-state index in [9.17, 15) is 18.5 Å². The fourth-order valence-electron chi connectivity index (χ4n) is 1.76. The molecule has 0 aromatic carbocycles. The molecule has 0 saturated heterocycles. The predicted molar refractivity (Wildman–Crippen MR) is 70.6 cm³/mol. The zero-order chi connectivity index (χ0) is 15.8. The first-order valence-corrected chi connectivity index (χ1v) is 7.45. The summed E-state index contributed by atoms with van der Waals surface area (Å²) in [6.07, 6.45) is 0. The van der Waals surface area contributed by atoms with E-state index in [1.54, 1.807) is 0 Å². The van der Waals surface area contributed by atoms with Gasteiger partial charge >= 0.3 is 5.88 Å². The Morgan fingerprint density at radius 3 is 2.57 bits per heavy atom. The highest BCUT2D eigenvalue weighted by atomic mass is 32.2. The molecule has 0 unspecified atom stereocenters. The summed E-state index contributed by atoms with van der Waals surface area (Å²) in [6, 6.07) is 2.48. The summed E-state index contributed by atoms with van der Waals surface area (Å²) in [5, 5.41) is 22.6. The van der Waals surface area contributed by atoms with Crippen LogP contribution in [0, 0.1) is 16.0 Å². The van der Waals surface area contributed by atoms with Crippen molar-refractivity contribution in [3.8, 4) is 11.6 Å². The third kappa shape index (κ3) is 3.08. The van der Waals surface area contributed by atoms with Crippen LogP contribution in [0.4, 0.5) is 5.88 Å². The summed E-state index contributed by atoms with van der Waals surface area (Å²) < 4.78 is 29.3. The molecule has 0 aliphatic heterocycles. The monoisotopic (exact) mass is 315 g/mol. The van der Waals surface area contributed by atoms with E-state index in [1.165, 1.54) is 10.6 Å². The molecule has 114 valence electrons. The van der Waals surface area contributed by atoms with Crippen LogP contribution in [0.25, 0.3) is 11.6 Å². The topological polar surface area (TPSA) is 147 Å². The summed E-state index contributed by atoms with van der Waals surface area (Å²) >= 11 is 0. The zero-order valence-electron chi connectivity index (χ0n) is 11.3. The van der Waals surface area contributed by atoms with Crippen LogP contribution in [0.15, 0.2) is 21.7 Å². The minimum atomic E-state index is -4.06. The number of hydrogen-bond donors (Lipinski definition) is 1. The van der Waals surface area contributed by atoms with Crippen molar-refractivity contribution >= 4 is 15.9 Å². The van der Waals surface area contributed by atoms with Crippen molar-refractivity contribution in [1.82, 2.24) is 14.8 Å². The van der Waals surface area contributed by atoms with Gasteiger partial charge in [-0.15, -0.1) is 10.2 Å². The third-order valence-corrected chi connectivity index (χ3v) is 3.32. The molecule has 11 heteroatoms. The summed E-state index contributed by atoms with van der Waals surface area (Å²) in [6.45, 7) is 3.99. The number of nitrogens with two attached hydrogens (primary N) is 1. The molecule has 2 heterocycles. The van der Waals surface area contributed by atoms with Gasteiger partial charge in [0.1, 0.15) is 4.92 Å². The van der Waals surface area contributed by atoms with E-state index in [4.69, 9.17) is 9.56 Å². The lowest BCUT2D eigenvalue weighted by molar-refractivity contribution is -0.401. The fourth-order valence-corrected chi connectivity index (χ4v) is 2.38. The molecule has 2 N–H and O–H groups in total. The lowest BCUT2D eigenvalue weighted by Gasteiger charge is -2.10. The standard InChI is InChI=1S/C10H13N5O5S/c1-6(2)5-14-9(12-13-10(14)21(11,18)19)7-3-4-8(20-7)15(16)17/h3-4,6H,5H2,1-2H3,(H2,11,18,19). The van der Waals surface area contributed by atoms with Crippen LogP contribution < -0.4 is 5.14 Å². The van der Waals surface area contributed by atoms with Gasteiger partial charge in [-0.05, 0) is 12.0 Å². The number of sulfonamides is 1. The molecule has 0 aliphatic carbocycles. The van der Waals surface area contributed by atoms with Crippen molar-refractivity contribution in [1.29, 1.82) is 0 Å². The highest BCUT2D eigenvalue weighted by Crippen LogP contribution is 2.26. The summed E-state index contributed by atoms with van der Waals surface area (Å²) in [5.74, 6) is -0.281. The van der Waals surface area contributed by atoms with E-state index in [0.717, 1.165) is 6.07 Å². The number of nitro groups is 1. The van der Waals surface area contributed by atoms with Crippen LogP contribution >= 0.6 is 0 Å². The molecule has 0 saturated carbocycles. The molecule has 0 aliphatic rings. The van der Waals surface area contributed by atoms with Gasteiger partial charge in [-0.25, -0.2) is 13.6 Å². The first-order valence-electron chi connectivity index (χ1n) is 5.90. The molecular weight excluding hydrogens is 302 g/mol. The summed E-state index contributed by atoms with van der Waals surface area (Å²) in [4.78, 5) is 9.92. The second-order valence-electron chi connectivity index (χ2n) is 4.75. The van der Waals surface area contributed by atoms with E-state index in [1.807, 2.05) is 13.8 Å². The van der Waals surface area contributed by atoms with E-state index in [-0.39, 0.29) is 24.0 Å². The minimum Gasteiger partial charge on any atom is -0.397 e. The van der Waals surface area contributed by atoms with Crippen LogP contribution in [0.5, 0.6) is 0 Å². The number of nitrogens with zero attached hydrogens (tertiary/aromatic N) is 4. The van der Waals surface area contributed by atoms with Crippen LogP contribution in [0.2, 0.25) is 0 Å². The zero-order valence-corrected chi connectivity index (χ0v) is 12.1. The molecule has 2 aromatic rings. The van der Waals surface area contributed by atoms with Crippen molar-refractivity contribution in [2.24, 2.45) is 11.1 Å². The Balaban J connectivity index is 2.57. The maximum atomic E-state index is 11.5. The Morgan fingerprint density at radius 2 is 2.10 bits per heavy atom. The molecule has 0 radical (unpaired) electrons. The van der Waals surface area contributed by atoms with Gasteiger partial charge in [0.25, 0.3) is 15.2 Å². The Kier molecular flexibility index (Phi) is 3.78. The van der Waals surface area contributed by atoms with E-state index >= 15 is 0 Å². The number of hydrogen-bond acceptors (Lipinski definition) is 7. The second kappa shape index (κ2) is 5.26. The molecule has 0 bridgehead atoms. The fraction of sp³-hybridized carbons (Fsp3) is 0.400. The molecule has 21 heavy (non-hydrogen) atoms. The maximum absolute atomic E-state index is 11.5. The number of aromatic nitrogens is 3. The van der Waals surface area contributed by atoms with Crippen LogP contribution in [-0.2, 0) is 16.6 Å². The molecule has 2 rings (SSSR count). The van der Waals surface area contributed by atoms with Gasteiger partial charge in [0, 0.05) is 6.54 Å². The molecule has 10 nitrogen and oxygen atoms in total. The van der Waals surface area contributed by atoms with Crippen molar-refractivity contribution in [2.45, 2.75) is 25.5 Å². The molecule has 2 aromatic heterocycles.